The molecule has 116 valence electrons. The summed E-state index contributed by atoms with van der Waals surface area (Å²) in [5.74, 6) is -4.23. The fourth-order valence-electron chi connectivity index (χ4n) is 2.38. The molecule has 3 nitrogen and oxygen atoms in total. The van der Waals surface area contributed by atoms with Crippen LogP contribution in [0.5, 0.6) is 0 Å². The molecule has 1 aromatic rings. The Morgan fingerprint density at radius 3 is 2.38 bits per heavy atom. The summed E-state index contributed by atoms with van der Waals surface area (Å²) in [6, 6.07) is 1.48. The van der Waals surface area contributed by atoms with Gasteiger partial charge < -0.3 is 9.80 Å². The lowest BCUT2D eigenvalue weighted by atomic mass is 10.1. The van der Waals surface area contributed by atoms with E-state index in [9.17, 15) is 18.0 Å². The van der Waals surface area contributed by atoms with Gasteiger partial charge in [0.1, 0.15) is 0 Å². The number of alkyl halides is 1. The summed E-state index contributed by atoms with van der Waals surface area (Å²) in [4.78, 5) is 15.9. The van der Waals surface area contributed by atoms with Gasteiger partial charge in [0.05, 0.1) is 0 Å². The SMILES string of the molecule is O=C(c1cc(F)c(F)c(F)c1)N1CCCN(CCCl)CC1. The van der Waals surface area contributed by atoms with Gasteiger partial charge in [-0.25, -0.2) is 13.2 Å². The van der Waals surface area contributed by atoms with Crippen molar-refractivity contribution < 1.29 is 18.0 Å². The Bertz CT molecular complexity index is 504. The molecule has 0 spiro atoms. The Kier molecular flexibility index (Phi) is 5.47. The lowest BCUT2D eigenvalue weighted by Gasteiger charge is -2.21. The zero-order valence-corrected chi connectivity index (χ0v) is 12.2. The van der Waals surface area contributed by atoms with Crippen molar-refractivity contribution in [3.05, 3.63) is 35.1 Å². The molecule has 0 aliphatic carbocycles. The van der Waals surface area contributed by atoms with E-state index in [1.165, 1.54) is 4.90 Å². The van der Waals surface area contributed by atoms with Gasteiger partial charge in [0.25, 0.3) is 5.91 Å². The number of carbonyl (C=O) groups is 1. The largest absolute Gasteiger partial charge is 0.337 e. The summed E-state index contributed by atoms with van der Waals surface area (Å²) in [7, 11) is 0. The van der Waals surface area contributed by atoms with Gasteiger partial charge in [0.15, 0.2) is 17.5 Å². The second-order valence-electron chi connectivity index (χ2n) is 4.93. The van der Waals surface area contributed by atoms with Crippen molar-refractivity contribution in [2.45, 2.75) is 6.42 Å². The highest BCUT2D eigenvalue weighted by atomic mass is 35.5. The van der Waals surface area contributed by atoms with Crippen molar-refractivity contribution in [3.8, 4) is 0 Å². The quantitative estimate of drug-likeness (QED) is 0.631. The number of halogens is 4. The van der Waals surface area contributed by atoms with Crippen LogP contribution in [0.15, 0.2) is 12.1 Å². The second-order valence-corrected chi connectivity index (χ2v) is 5.31. The minimum absolute atomic E-state index is 0.169. The number of benzene rings is 1. The van der Waals surface area contributed by atoms with Crippen LogP contribution >= 0.6 is 11.6 Å². The molecule has 0 bridgehead atoms. The molecule has 0 atom stereocenters. The molecule has 1 heterocycles. The standard InChI is InChI=1S/C14H16ClF3N2O/c15-2-5-19-3-1-4-20(7-6-19)14(21)10-8-11(16)13(18)12(17)9-10/h8-9H,1-7H2. The predicted octanol–water partition coefficient (Wildman–Crippen LogP) is 2.49. The molecule has 0 aromatic heterocycles. The van der Waals surface area contributed by atoms with E-state index in [0.717, 1.165) is 31.6 Å². The van der Waals surface area contributed by atoms with Crippen LogP contribution in [-0.2, 0) is 0 Å². The van der Waals surface area contributed by atoms with Gasteiger partial charge in [-0.3, -0.25) is 4.79 Å². The topological polar surface area (TPSA) is 23.6 Å². The highest BCUT2D eigenvalue weighted by molar-refractivity contribution is 6.18. The fourth-order valence-corrected chi connectivity index (χ4v) is 2.62. The lowest BCUT2D eigenvalue weighted by molar-refractivity contribution is 0.0760. The van der Waals surface area contributed by atoms with Crippen LogP contribution in [0, 0.1) is 17.5 Å². The summed E-state index contributed by atoms with van der Waals surface area (Å²) >= 11 is 5.69. The molecular weight excluding hydrogens is 305 g/mol. The van der Waals surface area contributed by atoms with Gasteiger partial charge in [0, 0.05) is 37.6 Å². The van der Waals surface area contributed by atoms with Gasteiger partial charge in [0.2, 0.25) is 0 Å². The van der Waals surface area contributed by atoms with Crippen LogP contribution < -0.4 is 0 Å². The number of hydrogen-bond acceptors (Lipinski definition) is 2. The molecule has 1 fully saturated rings. The Hall–Kier alpha value is -1.27. The van der Waals surface area contributed by atoms with E-state index in [0.29, 0.717) is 25.5 Å². The van der Waals surface area contributed by atoms with Crippen molar-refractivity contribution >= 4 is 17.5 Å². The monoisotopic (exact) mass is 320 g/mol. The maximum absolute atomic E-state index is 13.2. The van der Waals surface area contributed by atoms with E-state index >= 15 is 0 Å². The first-order chi connectivity index (χ1) is 10.0. The van der Waals surface area contributed by atoms with E-state index in [2.05, 4.69) is 4.90 Å². The molecular formula is C14H16ClF3N2O. The summed E-state index contributed by atoms with van der Waals surface area (Å²) in [5.41, 5.74) is -0.169. The number of carbonyl (C=O) groups excluding carboxylic acids is 1. The molecule has 1 aliphatic heterocycles. The van der Waals surface area contributed by atoms with E-state index < -0.39 is 23.4 Å². The van der Waals surface area contributed by atoms with E-state index in [1.54, 1.807) is 0 Å². The first-order valence-electron chi connectivity index (χ1n) is 6.75. The summed E-state index contributed by atoms with van der Waals surface area (Å²) in [5, 5.41) is 0. The smallest absolute Gasteiger partial charge is 0.254 e. The third-order valence-corrected chi connectivity index (χ3v) is 3.68. The molecule has 7 heteroatoms. The van der Waals surface area contributed by atoms with E-state index in [4.69, 9.17) is 11.6 Å². The van der Waals surface area contributed by atoms with Crippen LogP contribution in [0.25, 0.3) is 0 Å². The zero-order valence-electron chi connectivity index (χ0n) is 11.4. The third kappa shape index (κ3) is 3.89. The Morgan fingerprint density at radius 2 is 1.76 bits per heavy atom. The van der Waals surface area contributed by atoms with Gasteiger partial charge >= 0.3 is 0 Å². The maximum atomic E-state index is 13.2. The summed E-state index contributed by atoms with van der Waals surface area (Å²) in [6.45, 7) is 3.17. The molecule has 1 amide bonds. The lowest BCUT2D eigenvalue weighted by Crippen LogP contribution is -2.35. The molecule has 1 saturated heterocycles. The van der Waals surface area contributed by atoms with Crippen molar-refractivity contribution in [2.24, 2.45) is 0 Å². The van der Waals surface area contributed by atoms with Crippen LogP contribution in [0.3, 0.4) is 0 Å². The molecule has 0 saturated carbocycles. The minimum atomic E-state index is -1.56. The van der Waals surface area contributed by atoms with Crippen molar-refractivity contribution in [1.82, 2.24) is 9.80 Å². The highest BCUT2D eigenvalue weighted by Gasteiger charge is 2.22. The van der Waals surface area contributed by atoms with Gasteiger partial charge in [-0.2, -0.15) is 0 Å². The number of amides is 1. The van der Waals surface area contributed by atoms with E-state index in [1.807, 2.05) is 0 Å². The molecule has 0 unspecified atom stereocenters. The first kappa shape index (κ1) is 16.1. The molecule has 1 aromatic carbocycles. The Balaban J connectivity index is 2.09. The van der Waals surface area contributed by atoms with Crippen molar-refractivity contribution in [3.63, 3.8) is 0 Å². The van der Waals surface area contributed by atoms with Crippen LogP contribution in [0.1, 0.15) is 16.8 Å². The maximum Gasteiger partial charge on any atom is 0.254 e. The Labute approximate surface area is 126 Å². The minimum Gasteiger partial charge on any atom is -0.337 e. The normalized spacial score (nSPS) is 16.9. The average Bonchev–Trinajstić information content (AvgIpc) is 2.69. The van der Waals surface area contributed by atoms with Gasteiger partial charge in [-0.1, -0.05) is 0 Å². The third-order valence-electron chi connectivity index (χ3n) is 3.51. The van der Waals surface area contributed by atoms with Crippen molar-refractivity contribution in [1.29, 1.82) is 0 Å². The fraction of sp³-hybridized carbons (Fsp3) is 0.500. The molecule has 2 rings (SSSR count). The summed E-state index contributed by atoms with van der Waals surface area (Å²) < 4.78 is 39.3. The average molecular weight is 321 g/mol. The number of nitrogens with zero attached hydrogens (tertiary/aromatic N) is 2. The van der Waals surface area contributed by atoms with E-state index in [-0.39, 0.29) is 5.56 Å². The van der Waals surface area contributed by atoms with Crippen molar-refractivity contribution in [2.75, 3.05) is 38.6 Å². The molecule has 1 aliphatic rings. The highest BCUT2D eigenvalue weighted by Crippen LogP contribution is 2.16. The predicted molar refractivity (Wildman–Crippen MR) is 74.0 cm³/mol. The van der Waals surface area contributed by atoms with Gasteiger partial charge in [-0.15, -0.1) is 11.6 Å². The molecule has 21 heavy (non-hydrogen) atoms. The Morgan fingerprint density at radius 1 is 1.10 bits per heavy atom. The van der Waals surface area contributed by atoms with Crippen LogP contribution in [0.4, 0.5) is 13.2 Å². The zero-order chi connectivity index (χ0) is 15.4. The molecule has 0 radical (unpaired) electrons. The molecule has 0 N–H and O–H groups in total. The van der Waals surface area contributed by atoms with Crippen LogP contribution in [-0.4, -0.2) is 54.3 Å². The van der Waals surface area contributed by atoms with Gasteiger partial charge in [-0.05, 0) is 25.1 Å². The number of rotatable bonds is 3. The number of hydrogen-bond donors (Lipinski definition) is 0. The summed E-state index contributed by atoms with van der Waals surface area (Å²) in [6.07, 6.45) is 0.759. The second kappa shape index (κ2) is 7.13. The van der Waals surface area contributed by atoms with Crippen LogP contribution in [0.2, 0.25) is 0 Å². The first-order valence-corrected chi connectivity index (χ1v) is 7.28.